The van der Waals surface area contributed by atoms with E-state index in [0.717, 1.165) is 24.6 Å². The summed E-state index contributed by atoms with van der Waals surface area (Å²) in [5.74, 6) is 0.216. The third kappa shape index (κ3) is 4.75. The van der Waals surface area contributed by atoms with Gasteiger partial charge in [0.25, 0.3) is 0 Å². The van der Waals surface area contributed by atoms with Crippen molar-refractivity contribution < 1.29 is 13.9 Å². The first-order valence-corrected chi connectivity index (χ1v) is 8.09. The van der Waals surface area contributed by atoms with Crippen molar-refractivity contribution in [2.24, 2.45) is 0 Å². The third-order valence-electron chi connectivity index (χ3n) is 2.93. The highest BCUT2D eigenvalue weighted by molar-refractivity contribution is 7.66. The molecule has 1 atom stereocenters. The maximum Gasteiger partial charge on any atom is 0.231 e. The number of ketones is 1. The quantitative estimate of drug-likeness (QED) is 0.536. The maximum atomic E-state index is 12.6. The van der Waals surface area contributed by atoms with Gasteiger partial charge in [-0.25, -0.2) is 0 Å². The van der Waals surface area contributed by atoms with Crippen molar-refractivity contribution in [3.05, 3.63) is 30.3 Å². The van der Waals surface area contributed by atoms with Crippen LogP contribution in [0.1, 0.15) is 32.6 Å². The van der Waals surface area contributed by atoms with Crippen LogP contribution in [0.5, 0.6) is 0 Å². The van der Waals surface area contributed by atoms with Crippen LogP contribution in [0.15, 0.2) is 30.3 Å². The lowest BCUT2D eigenvalue weighted by Crippen LogP contribution is -2.09. The molecule has 0 bridgehead atoms. The minimum atomic E-state index is -2.70. The summed E-state index contributed by atoms with van der Waals surface area (Å²) >= 11 is 0. The van der Waals surface area contributed by atoms with E-state index in [1.54, 1.807) is 6.92 Å². The van der Waals surface area contributed by atoms with Crippen LogP contribution in [0.4, 0.5) is 0 Å². The largest absolute Gasteiger partial charge is 0.329 e. The van der Waals surface area contributed by atoms with E-state index in [4.69, 9.17) is 4.52 Å². The third-order valence-corrected chi connectivity index (χ3v) is 5.51. The zero-order valence-electron chi connectivity index (χ0n) is 11.1. The van der Waals surface area contributed by atoms with E-state index in [1.165, 1.54) is 7.11 Å². The number of hydrogen-bond donors (Lipinski definition) is 0. The fourth-order valence-electron chi connectivity index (χ4n) is 1.85. The normalized spacial score (nSPS) is 14.1. The standard InChI is InChI=1S/C14H21O3P/c1-13(15)9-5-4-8-12-18(16,17-2)14-10-6-3-7-11-14/h3,6-7,10-11H,4-5,8-9,12H2,1-2H3. The van der Waals surface area contributed by atoms with Crippen molar-refractivity contribution in [2.75, 3.05) is 13.3 Å². The van der Waals surface area contributed by atoms with E-state index in [0.29, 0.717) is 12.6 Å². The number of carbonyl (C=O) groups is 1. The second-order valence-electron chi connectivity index (χ2n) is 4.43. The summed E-state index contributed by atoms with van der Waals surface area (Å²) in [6.45, 7) is 1.60. The lowest BCUT2D eigenvalue weighted by Gasteiger charge is -2.16. The first kappa shape index (κ1) is 15.1. The van der Waals surface area contributed by atoms with Crippen molar-refractivity contribution in [1.82, 2.24) is 0 Å². The molecule has 0 amide bonds. The Morgan fingerprint density at radius 1 is 1.17 bits per heavy atom. The molecule has 0 aliphatic carbocycles. The number of Topliss-reactive ketones (excluding diaryl/α,β-unsaturated/α-hetero) is 1. The highest BCUT2D eigenvalue weighted by atomic mass is 31.2. The molecule has 0 spiro atoms. The Hall–Kier alpha value is -0.920. The molecule has 0 aromatic heterocycles. The smallest absolute Gasteiger partial charge is 0.231 e. The van der Waals surface area contributed by atoms with Gasteiger partial charge in [0, 0.05) is 25.0 Å². The number of unbranched alkanes of at least 4 members (excludes halogenated alkanes) is 2. The summed E-state index contributed by atoms with van der Waals surface area (Å²) in [5.41, 5.74) is 0. The van der Waals surface area contributed by atoms with Crippen LogP contribution in [-0.4, -0.2) is 19.1 Å². The highest BCUT2D eigenvalue weighted by Gasteiger charge is 2.23. The predicted molar refractivity (Wildman–Crippen MR) is 74.7 cm³/mol. The summed E-state index contributed by atoms with van der Waals surface area (Å²) in [6, 6.07) is 9.34. The Morgan fingerprint density at radius 3 is 2.39 bits per heavy atom. The van der Waals surface area contributed by atoms with Crippen molar-refractivity contribution >= 4 is 18.5 Å². The lowest BCUT2D eigenvalue weighted by molar-refractivity contribution is -0.117. The Labute approximate surface area is 109 Å². The fourth-order valence-corrected chi connectivity index (χ4v) is 3.77. The van der Waals surface area contributed by atoms with Crippen molar-refractivity contribution in [3.63, 3.8) is 0 Å². The molecule has 0 radical (unpaired) electrons. The van der Waals surface area contributed by atoms with E-state index in [2.05, 4.69) is 0 Å². The zero-order chi connectivity index (χ0) is 13.4. The summed E-state index contributed by atoms with van der Waals surface area (Å²) in [4.78, 5) is 10.8. The molecule has 18 heavy (non-hydrogen) atoms. The average molecular weight is 268 g/mol. The van der Waals surface area contributed by atoms with Crippen LogP contribution < -0.4 is 5.30 Å². The number of carbonyl (C=O) groups excluding carboxylic acids is 1. The molecule has 1 unspecified atom stereocenters. The van der Waals surface area contributed by atoms with Crippen molar-refractivity contribution in [1.29, 1.82) is 0 Å². The summed E-state index contributed by atoms with van der Waals surface area (Å²) in [6.07, 6.45) is 3.77. The van der Waals surface area contributed by atoms with Gasteiger partial charge in [-0.15, -0.1) is 0 Å². The average Bonchev–Trinajstić information content (AvgIpc) is 2.38. The van der Waals surface area contributed by atoms with Gasteiger partial charge >= 0.3 is 0 Å². The molecule has 3 nitrogen and oxygen atoms in total. The van der Waals surface area contributed by atoms with E-state index >= 15 is 0 Å². The van der Waals surface area contributed by atoms with Gasteiger partial charge in [-0.05, 0) is 31.9 Å². The first-order chi connectivity index (χ1) is 8.58. The van der Waals surface area contributed by atoms with Crippen LogP contribution in [0.25, 0.3) is 0 Å². The summed E-state index contributed by atoms with van der Waals surface area (Å²) in [7, 11) is -1.20. The topological polar surface area (TPSA) is 43.4 Å². The van der Waals surface area contributed by atoms with Crippen LogP contribution in [0.3, 0.4) is 0 Å². The number of benzene rings is 1. The van der Waals surface area contributed by atoms with Crippen LogP contribution in [-0.2, 0) is 13.9 Å². The van der Waals surface area contributed by atoms with Gasteiger partial charge in [0.05, 0.1) is 0 Å². The molecule has 0 N–H and O–H groups in total. The number of rotatable bonds is 8. The van der Waals surface area contributed by atoms with Crippen LogP contribution >= 0.6 is 7.37 Å². The minimum Gasteiger partial charge on any atom is -0.329 e. The minimum absolute atomic E-state index is 0.216. The molecule has 0 aliphatic rings. The second kappa shape index (κ2) is 7.50. The Bertz CT molecular complexity index is 414. The van der Waals surface area contributed by atoms with Gasteiger partial charge in [-0.3, -0.25) is 4.57 Å². The molecule has 1 aromatic rings. The van der Waals surface area contributed by atoms with Crippen molar-refractivity contribution in [2.45, 2.75) is 32.6 Å². The predicted octanol–water partition coefficient (Wildman–Crippen LogP) is 3.39. The van der Waals surface area contributed by atoms with Gasteiger partial charge < -0.3 is 9.32 Å². The molecule has 0 fully saturated rings. The molecule has 0 saturated carbocycles. The second-order valence-corrected chi connectivity index (χ2v) is 7.10. The van der Waals surface area contributed by atoms with E-state index in [9.17, 15) is 9.36 Å². The molecule has 1 aromatic carbocycles. The lowest BCUT2D eigenvalue weighted by atomic mass is 10.2. The van der Waals surface area contributed by atoms with Gasteiger partial charge in [-0.1, -0.05) is 24.6 Å². The summed E-state index contributed by atoms with van der Waals surface area (Å²) in [5, 5.41) is 0.777. The molecular weight excluding hydrogens is 247 g/mol. The van der Waals surface area contributed by atoms with Crippen LogP contribution in [0.2, 0.25) is 0 Å². The van der Waals surface area contributed by atoms with E-state index < -0.39 is 7.37 Å². The molecule has 4 heteroatoms. The van der Waals surface area contributed by atoms with E-state index in [1.807, 2.05) is 30.3 Å². The number of hydrogen-bond acceptors (Lipinski definition) is 3. The molecular formula is C14H21O3P. The Balaban J connectivity index is 2.47. The van der Waals surface area contributed by atoms with Crippen LogP contribution in [0, 0.1) is 0 Å². The molecule has 0 heterocycles. The maximum absolute atomic E-state index is 12.6. The molecule has 0 saturated heterocycles. The molecule has 1 rings (SSSR count). The highest BCUT2D eigenvalue weighted by Crippen LogP contribution is 2.45. The van der Waals surface area contributed by atoms with Gasteiger partial charge in [0.1, 0.15) is 5.78 Å². The van der Waals surface area contributed by atoms with Gasteiger partial charge in [0.15, 0.2) is 0 Å². The Morgan fingerprint density at radius 2 is 1.83 bits per heavy atom. The summed E-state index contributed by atoms with van der Waals surface area (Å²) < 4.78 is 17.8. The zero-order valence-corrected chi connectivity index (χ0v) is 12.0. The molecule has 100 valence electrons. The van der Waals surface area contributed by atoms with Crippen molar-refractivity contribution in [3.8, 4) is 0 Å². The van der Waals surface area contributed by atoms with Gasteiger partial charge in [0.2, 0.25) is 7.37 Å². The van der Waals surface area contributed by atoms with Gasteiger partial charge in [-0.2, -0.15) is 0 Å². The monoisotopic (exact) mass is 268 g/mol. The fraction of sp³-hybridized carbons (Fsp3) is 0.500. The first-order valence-electron chi connectivity index (χ1n) is 6.28. The Kier molecular flexibility index (Phi) is 6.31. The van der Waals surface area contributed by atoms with E-state index in [-0.39, 0.29) is 5.78 Å². The molecule has 0 aliphatic heterocycles. The SMILES string of the molecule is COP(=O)(CCCCCC(C)=O)c1ccccc1.